The van der Waals surface area contributed by atoms with Crippen molar-refractivity contribution in [3.63, 3.8) is 0 Å². The minimum atomic E-state index is -1.55. The Hall–Kier alpha value is -3.00. The van der Waals surface area contributed by atoms with Crippen LogP contribution in [0.1, 0.15) is 19.5 Å². The monoisotopic (exact) mass is 469 g/mol. The maximum atomic E-state index is 12.9. The van der Waals surface area contributed by atoms with Crippen molar-refractivity contribution in [2.24, 2.45) is 11.1 Å². The summed E-state index contributed by atoms with van der Waals surface area (Å²) in [6.07, 6.45) is 0.441. The highest BCUT2D eigenvalue weighted by Crippen LogP contribution is 2.36. The molecular formula is C17H19N5O7S2. The molecule has 2 unspecified atom stereocenters. The number of aromatic nitrogens is 1. The fourth-order valence-corrected chi connectivity index (χ4v) is 4.80. The largest absolute Gasteiger partial charge is 0.479 e. The fourth-order valence-electron chi connectivity index (χ4n) is 2.89. The molecule has 3 amide bonds. The highest BCUT2D eigenvalue weighted by molar-refractivity contribution is 8.00. The molecule has 0 aromatic carbocycles. The first kappa shape index (κ1) is 22.7. The lowest BCUT2D eigenvalue weighted by Gasteiger charge is -2.50. The van der Waals surface area contributed by atoms with Gasteiger partial charge in [-0.05, 0) is 5.92 Å². The van der Waals surface area contributed by atoms with Crippen molar-refractivity contribution < 1.29 is 33.9 Å². The predicted molar refractivity (Wildman–Crippen MR) is 111 cm³/mol. The molecule has 1 aromatic rings. The van der Waals surface area contributed by atoms with Gasteiger partial charge in [0.15, 0.2) is 22.7 Å². The van der Waals surface area contributed by atoms with Crippen molar-refractivity contribution >= 4 is 63.9 Å². The summed E-state index contributed by atoms with van der Waals surface area (Å²) in [6.45, 7) is 4.02. The van der Waals surface area contributed by atoms with Crippen LogP contribution in [0, 0.1) is 5.92 Å². The molecule has 3 N–H and O–H groups in total. The number of ketones is 1. The summed E-state index contributed by atoms with van der Waals surface area (Å²) < 4.78 is 0. The number of amides is 3. The number of β-lactam (4-membered cyclic amide) rings is 1. The van der Waals surface area contributed by atoms with Gasteiger partial charge in [0.1, 0.15) is 23.7 Å². The molecule has 3 rings (SSSR count). The summed E-state index contributed by atoms with van der Waals surface area (Å²) in [7, 11) is 0. The zero-order valence-electron chi connectivity index (χ0n) is 16.4. The molecule has 2 aliphatic rings. The quantitative estimate of drug-likeness (QED) is 0.142. The van der Waals surface area contributed by atoms with Crippen LogP contribution in [0.15, 0.2) is 10.5 Å². The Morgan fingerprint density at radius 3 is 2.84 bits per heavy atom. The van der Waals surface area contributed by atoms with E-state index >= 15 is 0 Å². The van der Waals surface area contributed by atoms with Gasteiger partial charge in [-0.25, -0.2) is 9.78 Å². The van der Waals surface area contributed by atoms with Gasteiger partial charge >= 0.3 is 5.97 Å². The molecule has 14 heteroatoms. The molecule has 31 heavy (non-hydrogen) atoms. The van der Waals surface area contributed by atoms with E-state index in [1.165, 1.54) is 5.38 Å². The summed E-state index contributed by atoms with van der Waals surface area (Å²) in [4.78, 5) is 69.5. The van der Waals surface area contributed by atoms with Crippen molar-refractivity contribution in [3.05, 3.63) is 11.1 Å². The first-order valence-electron chi connectivity index (χ1n) is 9.10. The maximum Gasteiger partial charge on any atom is 0.334 e. The summed E-state index contributed by atoms with van der Waals surface area (Å²) in [6, 6.07) is -2.57. The van der Waals surface area contributed by atoms with Gasteiger partial charge in [-0.3, -0.25) is 19.2 Å². The lowest BCUT2D eigenvalue weighted by Crippen LogP contribution is -2.76. The summed E-state index contributed by atoms with van der Waals surface area (Å²) in [5.41, 5.74) is -0.0668. The Balaban J connectivity index is 1.77. The molecule has 0 radical (unpaired) electrons. The molecule has 1 aromatic heterocycles. The lowest BCUT2D eigenvalue weighted by molar-refractivity contribution is -0.165. The van der Waals surface area contributed by atoms with Gasteiger partial charge in [0, 0.05) is 5.38 Å². The lowest BCUT2D eigenvalue weighted by atomic mass is 10.00. The highest BCUT2D eigenvalue weighted by atomic mass is 32.2. The van der Waals surface area contributed by atoms with E-state index in [-0.39, 0.29) is 34.8 Å². The van der Waals surface area contributed by atoms with E-state index < -0.39 is 41.0 Å². The van der Waals surface area contributed by atoms with Crippen LogP contribution in [0.5, 0.6) is 0 Å². The SMILES string of the molecule is CC(C)CON=C(C(=O)NC1C(=O)N2C(C(=O)O)C(=O)CS[C@@H]12)c1csc(NC=O)n1. The van der Waals surface area contributed by atoms with Crippen molar-refractivity contribution in [2.75, 3.05) is 17.7 Å². The summed E-state index contributed by atoms with van der Waals surface area (Å²) in [5.74, 6) is -3.35. The Morgan fingerprint density at radius 1 is 1.45 bits per heavy atom. The number of carboxylic acids is 1. The van der Waals surface area contributed by atoms with Crippen LogP contribution in [-0.4, -0.2) is 80.5 Å². The van der Waals surface area contributed by atoms with Crippen molar-refractivity contribution in [1.29, 1.82) is 0 Å². The predicted octanol–water partition coefficient (Wildman–Crippen LogP) is -0.490. The number of fused-ring (bicyclic) bond motifs is 1. The van der Waals surface area contributed by atoms with Crippen molar-refractivity contribution in [1.82, 2.24) is 15.2 Å². The number of carboxylic acid groups (broad SMARTS) is 1. The summed E-state index contributed by atoms with van der Waals surface area (Å²) >= 11 is 2.15. The number of nitrogens with one attached hydrogen (secondary N) is 2. The van der Waals surface area contributed by atoms with E-state index in [1.54, 1.807) is 0 Å². The second kappa shape index (κ2) is 9.43. The van der Waals surface area contributed by atoms with Crippen LogP contribution < -0.4 is 10.6 Å². The molecule has 2 aliphatic heterocycles. The summed E-state index contributed by atoms with van der Waals surface area (Å²) in [5, 5.41) is 19.1. The normalized spacial score (nSPS) is 23.1. The number of thioether (sulfide) groups is 1. The third-order valence-corrected chi connectivity index (χ3v) is 6.35. The molecular weight excluding hydrogens is 450 g/mol. The van der Waals surface area contributed by atoms with E-state index in [4.69, 9.17) is 4.84 Å². The Kier molecular flexibility index (Phi) is 6.90. The number of carbonyl (C=O) groups is 5. The topological polar surface area (TPSA) is 167 Å². The second-order valence-electron chi connectivity index (χ2n) is 7.03. The number of hydrogen-bond donors (Lipinski definition) is 3. The molecule has 0 aliphatic carbocycles. The molecule has 2 fully saturated rings. The second-order valence-corrected chi connectivity index (χ2v) is 9.00. The van der Waals surface area contributed by atoms with Crippen LogP contribution in [0.4, 0.5) is 5.13 Å². The number of rotatable bonds is 9. The van der Waals surface area contributed by atoms with Gasteiger partial charge in [-0.2, -0.15) is 0 Å². The Labute approximate surface area is 184 Å². The number of nitrogens with zero attached hydrogens (tertiary/aromatic N) is 3. The zero-order chi connectivity index (χ0) is 22.7. The van der Waals surface area contributed by atoms with Gasteiger partial charge in [0.05, 0.1) is 5.75 Å². The Morgan fingerprint density at radius 2 is 2.19 bits per heavy atom. The number of Topliss-reactive ketones (excluding diaryl/α,β-unsaturated/α-hetero) is 1. The van der Waals surface area contributed by atoms with Crippen LogP contribution in [0.2, 0.25) is 0 Å². The number of anilines is 1. The van der Waals surface area contributed by atoms with Crippen molar-refractivity contribution in [2.45, 2.75) is 31.3 Å². The first-order valence-corrected chi connectivity index (χ1v) is 11.0. The molecule has 0 saturated carbocycles. The smallest absolute Gasteiger partial charge is 0.334 e. The molecule has 0 spiro atoms. The van der Waals surface area contributed by atoms with Gasteiger partial charge < -0.3 is 25.5 Å². The standard InChI is InChI=1S/C17H19N5O7S2/c1-7(2)3-29-21-10(8-4-31-17(19-8)18-6-23)13(25)20-11-14(26)22-12(16(27)28)9(24)5-30-15(11)22/h4,6-7,11-12,15H,3,5H2,1-2H3,(H,20,25)(H,27,28)(H,18,19,23)/t11?,12?,15-/m0/s1. The molecule has 0 bridgehead atoms. The first-order chi connectivity index (χ1) is 14.7. The Bertz CT molecular complexity index is 947. The van der Waals surface area contributed by atoms with Gasteiger partial charge in [-0.1, -0.05) is 19.0 Å². The average Bonchev–Trinajstić information content (AvgIpc) is 3.17. The van der Waals surface area contributed by atoms with E-state index in [9.17, 15) is 29.1 Å². The maximum absolute atomic E-state index is 12.9. The van der Waals surface area contributed by atoms with E-state index in [0.717, 1.165) is 28.0 Å². The fraction of sp³-hybridized carbons (Fsp3) is 0.471. The molecule has 3 atom stereocenters. The minimum absolute atomic E-state index is 0.0803. The zero-order valence-corrected chi connectivity index (χ0v) is 18.1. The van der Waals surface area contributed by atoms with Gasteiger partial charge in [0.25, 0.3) is 5.91 Å². The van der Waals surface area contributed by atoms with Crippen LogP contribution >= 0.6 is 23.1 Å². The average molecular weight is 470 g/mol. The minimum Gasteiger partial charge on any atom is -0.479 e. The third kappa shape index (κ3) is 4.69. The van der Waals surface area contributed by atoms with Crippen LogP contribution in [0.25, 0.3) is 0 Å². The third-order valence-electron chi connectivity index (χ3n) is 4.29. The van der Waals surface area contributed by atoms with Crippen LogP contribution in [-0.2, 0) is 28.8 Å². The van der Waals surface area contributed by atoms with Gasteiger partial charge in [0.2, 0.25) is 12.3 Å². The molecule has 12 nitrogen and oxygen atoms in total. The van der Waals surface area contributed by atoms with E-state index in [1.807, 2.05) is 13.8 Å². The number of aliphatic carboxylic acids is 1. The van der Waals surface area contributed by atoms with Crippen LogP contribution in [0.3, 0.4) is 0 Å². The van der Waals surface area contributed by atoms with E-state index in [2.05, 4.69) is 20.8 Å². The number of carbonyl (C=O) groups excluding carboxylic acids is 4. The highest BCUT2D eigenvalue weighted by Gasteiger charge is 2.58. The number of hydrogen-bond acceptors (Lipinski definition) is 10. The van der Waals surface area contributed by atoms with E-state index in [0.29, 0.717) is 6.41 Å². The molecule has 2 saturated heterocycles. The number of oxime groups is 1. The van der Waals surface area contributed by atoms with Crippen molar-refractivity contribution in [3.8, 4) is 0 Å². The van der Waals surface area contributed by atoms with Gasteiger partial charge in [-0.15, -0.1) is 23.1 Å². The molecule has 166 valence electrons. The number of thiazole rings is 1. The molecule has 3 heterocycles.